The van der Waals surface area contributed by atoms with Gasteiger partial charge in [0.25, 0.3) is 5.91 Å². The Bertz CT molecular complexity index is 1230. The number of hydrogen-bond donors (Lipinski definition) is 0. The third-order valence-electron chi connectivity index (χ3n) is 7.21. The topological polar surface area (TPSA) is 64.2 Å². The van der Waals surface area contributed by atoms with Crippen LogP contribution in [-0.2, 0) is 16.6 Å². The van der Waals surface area contributed by atoms with Crippen molar-refractivity contribution in [2.75, 3.05) is 54.7 Å². The third kappa shape index (κ3) is 6.72. The Morgan fingerprint density at radius 3 is 2.30 bits per heavy atom. The minimum Gasteiger partial charge on any atom is -0.372 e. The van der Waals surface area contributed by atoms with Crippen molar-refractivity contribution in [2.24, 2.45) is 0 Å². The fraction of sp³-hybridized carbons (Fsp3) is 0.519. The molecule has 2 aliphatic rings. The van der Waals surface area contributed by atoms with Crippen molar-refractivity contribution in [3.05, 3.63) is 57.6 Å². The van der Waals surface area contributed by atoms with Gasteiger partial charge in [-0.05, 0) is 69.0 Å². The second-order valence-electron chi connectivity index (χ2n) is 10.2. The van der Waals surface area contributed by atoms with E-state index in [2.05, 4.69) is 23.6 Å². The molecule has 2 heterocycles. The summed E-state index contributed by atoms with van der Waals surface area (Å²) in [6.45, 7) is 8.63. The van der Waals surface area contributed by atoms with Crippen molar-refractivity contribution in [2.45, 2.75) is 45.7 Å². The molecule has 0 unspecified atom stereocenters. The lowest BCUT2D eigenvalue weighted by molar-refractivity contribution is 0.0712. The summed E-state index contributed by atoms with van der Waals surface area (Å²) in [6, 6.07) is 11.2. The molecule has 4 rings (SSSR count). The number of sulfonamides is 1. The van der Waals surface area contributed by atoms with Gasteiger partial charge in [0, 0.05) is 62.6 Å². The Kier molecular flexibility index (Phi) is 8.94. The number of benzene rings is 2. The minimum atomic E-state index is -3.56. The molecule has 1 fully saturated rings. The fourth-order valence-electron chi connectivity index (χ4n) is 5.14. The van der Waals surface area contributed by atoms with Gasteiger partial charge in [-0.2, -0.15) is 0 Å². The van der Waals surface area contributed by atoms with Crippen LogP contribution in [-0.4, -0.2) is 75.7 Å². The molecule has 0 spiro atoms. The average Bonchev–Trinajstić information content (AvgIpc) is 3.36. The Balaban J connectivity index is 1.75. The van der Waals surface area contributed by atoms with Gasteiger partial charge in [0.1, 0.15) is 0 Å². The summed E-state index contributed by atoms with van der Waals surface area (Å²) >= 11 is 12.9. The van der Waals surface area contributed by atoms with Gasteiger partial charge in [-0.3, -0.25) is 14.0 Å². The minimum absolute atomic E-state index is 0.166. The fourth-order valence-corrected chi connectivity index (χ4v) is 6.49. The maximum absolute atomic E-state index is 14.0. The molecule has 0 bridgehead atoms. The van der Waals surface area contributed by atoms with Gasteiger partial charge >= 0.3 is 0 Å². The van der Waals surface area contributed by atoms with Crippen LogP contribution in [0.4, 0.5) is 11.4 Å². The smallest absolute Gasteiger partial charge is 0.255 e. The van der Waals surface area contributed by atoms with Gasteiger partial charge in [0.2, 0.25) is 10.0 Å². The van der Waals surface area contributed by atoms with Crippen LogP contribution < -0.4 is 9.21 Å². The highest BCUT2D eigenvalue weighted by molar-refractivity contribution is 7.92. The molecular formula is C27H36Cl2N4O3S. The highest BCUT2D eigenvalue weighted by Gasteiger charge is 2.27. The number of rotatable bonds is 4. The lowest BCUT2D eigenvalue weighted by atomic mass is 10.1. The molecule has 7 nitrogen and oxygen atoms in total. The summed E-state index contributed by atoms with van der Waals surface area (Å²) in [7, 11) is -3.56. The number of carbonyl (C=O) groups excluding carboxylic acids is 1. The molecule has 0 aliphatic carbocycles. The Labute approximate surface area is 231 Å². The van der Waals surface area contributed by atoms with E-state index >= 15 is 0 Å². The van der Waals surface area contributed by atoms with E-state index in [1.54, 1.807) is 23.1 Å². The summed E-state index contributed by atoms with van der Waals surface area (Å²) < 4.78 is 27.1. The maximum Gasteiger partial charge on any atom is 0.255 e. The van der Waals surface area contributed by atoms with E-state index in [4.69, 9.17) is 23.2 Å². The number of carbonyl (C=O) groups is 1. The molecule has 0 radical (unpaired) electrons. The first kappa shape index (κ1) is 28.0. The Morgan fingerprint density at radius 1 is 0.892 bits per heavy atom. The first-order valence-electron chi connectivity index (χ1n) is 12.9. The van der Waals surface area contributed by atoms with E-state index in [9.17, 15) is 13.2 Å². The molecule has 2 aromatic rings. The molecule has 0 atom stereocenters. The van der Waals surface area contributed by atoms with Crippen molar-refractivity contribution in [3.63, 3.8) is 0 Å². The standard InChI is InChI=1S/C27H36Cl2N4O3S/c1-20(2)30-13-6-14-33(37(3,35)36)26-17-22(28)8-7-21(26)19-32(16-15-30)27(34)24-18-23(9-10-25(24)29)31-11-4-5-12-31/h7-10,17-18,20H,4-6,11-16,19H2,1-3H3. The quantitative estimate of drug-likeness (QED) is 0.514. The summed E-state index contributed by atoms with van der Waals surface area (Å²) in [6.07, 6.45) is 4.15. The summed E-state index contributed by atoms with van der Waals surface area (Å²) in [4.78, 5) is 20.4. The van der Waals surface area contributed by atoms with Crippen molar-refractivity contribution < 1.29 is 13.2 Å². The Hall–Kier alpha value is -2.00. The highest BCUT2D eigenvalue weighted by Crippen LogP contribution is 2.31. The molecule has 0 saturated carbocycles. The molecule has 10 heteroatoms. The van der Waals surface area contributed by atoms with E-state index in [0.717, 1.165) is 37.2 Å². The lowest BCUT2D eigenvalue weighted by Gasteiger charge is -2.30. The highest BCUT2D eigenvalue weighted by atomic mass is 35.5. The number of hydrogen-bond acceptors (Lipinski definition) is 5. The molecule has 202 valence electrons. The van der Waals surface area contributed by atoms with E-state index in [1.807, 2.05) is 18.2 Å². The molecule has 1 saturated heterocycles. The van der Waals surface area contributed by atoms with E-state index in [-0.39, 0.29) is 18.5 Å². The van der Waals surface area contributed by atoms with Crippen LogP contribution in [0.15, 0.2) is 36.4 Å². The SMILES string of the molecule is CC(C)N1CCCN(S(C)(=O)=O)c2cc(Cl)ccc2CN(C(=O)c2cc(N3CCCC3)ccc2Cl)CC1. The van der Waals surface area contributed by atoms with Gasteiger partial charge < -0.3 is 9.80 Å². The van der Waals surface area contributed by atoms with Gasteiger partial charge in [0.05, 0.1) is 22.5 Å². The van der Waals surface area contributed by atoms with Gasteiger partial charge in [-0.15, -0.1) is 0 Å². The number of halogens is 2. The molecule has 2 aliphatic heterocycles. The second-order valence-corrected chi connectivity index (χ2v) is 12.9. The first-order valence-corrected chi connectivity index (χ1v) is 15.5. The largest absolute Gasteiger partial charge is 0.372 e. The predicted octanol–water partition coefficient (Wildman–Crippen LogP) is 5.12. The van der Waals surface area contributed by atoms with Crippen LogP contribution in [0.5, 0.6) is 0 Å². The van der Waals surface area contributed by atoms with Gasteiger partial charge in [0.15, 0.2) is 0 Å². The van der Waals surface area contributed by atoms with Crippen LogP contribution in [0.3, 0.4) is 0 Å². The number of amides is 1. The number of fused-ring (bicyclic) bond motifs is 1. The predicted molar refractivity (Wildman–Crippen MR) is 153 cm³/mol. The molecular weight excluding hydrogens is 531 g/mol. The zero-order chi connectivity index (χ0) is 26.7. The van der Waals surface area contributed by atoms with Crippen LogP contribution in [0.1, 0.15) is 49.0 Å². The van der Waals surface area contributed by atoms with Crippen LogP contribution >= 0.6 is 23.2 Å². The van der Waals surface area contributed by atoms with E-state index < -0.39 is 10.0 Å². The first-order chi connectivity index (χ1) is 17.5. The van der Waals surface area contributed by atoms with Gasteiger partial charge in [-0.25, -0.2) is 8.42 Å². The zero-order valence-electron chi connectivity index (χ0n) is 21.8. The third-order valence-corrected chi connectivity index (χ3v) is 8.95. The number of nitrogens with zero attached hydrogens (tertiary/aromatic N) is 4. The monoisotopic (exact) mass is 566 g/mol. The molecule has 37 heavy (non-hydrogen) atoms. The van der Waals surface area contributed by atoms with Crippen LogP contribution in [0.2, 0.25) is 10.0 Å². The van der Waals surface area contributed by atoms with Crippen molar-refractivity contribution in [1.82, 2.24) is 9.80 Å². The summed E-state index contributed by atoms with van der Waals surface area (Å²) in [5.74, 6) is -0.166. The molecule has 0 N–H and O–H groups in total. The van der Waals surface area contributed by atoms with E-state index in [1.165, 1.54) is 10.6 Å². The van der Waals surface area contributed by atoms with Crippen LogP contribution in [0.25, 0.3) is 0 Å². The summed E-state index contributed by atoms with van der Waals surface area (Å²) in [5.41, 5.74) is 2.71. The van der Waals surface area contributed by atoms with Crippen molar-refractivity contribution in [1.29, 1.82) is 0 Å². The maximum atomic E-state index is 14.0. The lowest BCUT2D eigenvalue weighted by Crippen LogP contribution is -2.41. The summed E-state index contributed by atoms with van der Waals surface area (Å²) in [5, 5.41) is 0.863. The molecule has 0 aromatic heterocycles. The van der Waals surface area contributed by atoms with Crippen molar-refractivity contribution >= 4 is 50.5 Å². The normalized spacial score (nSPS) is 18.2. The molecule has 1 amide bonds. The number of anilines is 2. The average molecular weight is 568 g/mol. The van der Waals surface area contributed by atoms with Crippen LogP contribution in [0, 0.1) is 0 Å². The molecule has 2 aromatic carbocycles. The Morgan fingerprint density at radius 2 is 1.62 bits per heavy atom. The van der Waals surface area contributed by atoms with Gasteiger partial charge in [-0.1, -0.05) is 29.3 Å². The zero-order valence-corrected chi connectivity index (χ0v) is 24.1. The van der Waals surface area contributed by atoms with E-state index in [0.29, 0.717) is 53.9 Å². The second kappa shape index (κ2) is 11.8. The van der Waals surface area contributed by atoms with Crippen molar-refractivity contribution in [3.8, 4) is 0 Å².